The molecular formula is C27H39N3O6. The molecular weight excluding hydrogens is 462 g/mol. The highest BCUT2D eigenvalue weighted by Crippen LogP contribution is 2.39. The zero-order chi connectivity index (χ0) is 25.3. The first-order valence-electron chi connectivity index (χ1n) is 12.6. The van der Waals surface area contributed by atoms with E-state index in [4.69, 9.17) is 23.7 Å². The number of ether oxygens (including phenoxy) is 5. The van der Waals surface area contributed by atoms with Gasteiger partial charge in [0.25, 0.3) is 0 Å². The van der Waals surface area contributed by atoms with Gasteiger partial charge in [-0.05, 0) is 29.8 Å². The van der Waals surface area contributed by atoms with Crippen LogP contribution in [0.25, 0.3) is 0 Å². The van der Waals surface area contributed by atoms with E-state index in [0.29, 0.717) is 23.8 Å². The predicted molar refractivity (Wildman–Crippen MR) is 139 cm³/mol. The van der Waals surface area contributed by atoms with Gasteiger partial charge in [0, 0.05) is 52.4 Å². The zero-order valence-corrected chi connectivity index (χ0v) is 21.6. The lowest BCUT2D eigenvalue weighted by Gasteiger charge is -2.37. The van der Waals surface area contributed by atoms with Crippen LogP contribution in [0.5, 0.6) is 23.0 Å². The van der Waals surface area contributed by atoms with Crippen LogP contribution in [0.1, 0.15) is 5.56 Å². The summed E-state index contributed by atoms with van der Waals surface area (Å²) in [7, 11) is 4.95. The molecule has 0 saturated carbocycles. The van der Waals surface area contributed by atoms with E-state index in [2.05, 4.69) is 20.8 Å². The number of methoxy groups -OCH3 is 3. The molecule has 0 aromatic heterocycles. The van der Waals surface area contributed by atoms with Crippen molar-refractivity contribution in [1.29, 1.82) is 0 Å². The smallest absolute Gasteiger partial charge is 0.203 e. The number of piperazine rings is 1. The molecule has 9 heteroatoms. The standard InChI is InChI=1S/C27H39N3O6/c1-32-24-7-5-4-6-23(24)30-10-8-28(9-11-30)19-22(31)20-36-27-25(33-2)16-21(17-26(27)34-3)18-29-12-14-35-15-13-29/h4-7,16-17,22,31H,8-15,18-20H2,1-3H3. The Hall–Kier alpha value is -2.72. The molecule has 2 aromatic rings. The quantitative estimate of drug-likeness (QED) is 0.498. The molecule has 2 aliphatic rings. The highest BCUT2D eigenvalue weighted by Gasteiger charge is 2.23. The van der Waals surface area contributed by atoms with Crippen molar-refractivity contribution >= 4 is 5.69 Å². The second kappa shape index (κ2) is 13.0. The lowest BCUT2D eigenvalue weighted by Crippen LogP contribution is -2.49. The third kappa shape index (κ3) is 6.73. The van der Waals surface area contributed by atoms with Gasteiger partial charge in [-0.3, -0.25) is 9.80 Å². The molecule has 1 N–H and O–H groups in total. The molecule has 2 saturated heterocycles. The summed E-state index contributed by atoms with van der Waals surface area (Å²) in [6.07, 6.45) is -0.634. The predicted octanol–water partition coefficient (Wildman–Crippen LogP) is 2.11. The molecule has 198 valence electrons. The Balaban J connectivity index is 1.30. The summed E-state index contributed by atoms with van der Waals surface area (Å²) < 4.78 is 28.2. The van der Waals surface area contributed by atoms with E-state index in [1.54, 1.807) is 21.3 Å². The fraction of sp³-hybridized carbons (Fsp3) is 0.556. The summed E-state index contributed by atoms with van der Waals surface area (Å²) in [4.78, 5) is 6.93. The minimum absolute atomic E-state index is 0.155. The van der Waals surface area contributed by atoms with E-state index in [-0.39, 0.29) is 6.61 Å². The number of benzene rings is 2. The summed E-state index contributed by atoms with van der Waals surface area (Å²) in [6, 6.07) is 12.1. The van der Waals surface area contributed by atoms with Crippen LogP contribution in [0, 0.1) is 0 Å². The Labute approximate surface area is 214 Å². The molecule has 9 nitrogen and oxygen atoms in total. The number of rotatable bonds is 11. The van der Waals surface area contributed by atoms with Crippen LogP contribution < -0.4 is 23.8 Å². The second-order valence-electron chi connectivity index (χ2n) is 9.14. The summed E-state index contributed by atoms with van der Waals surface area (Å²) in [5, 5.41) is 10.7. The van der Waals surface area contributed by atoms with E-state index in [1.807, 2.05) is 30.3 Å². The Morgan fingerprint density at radius 1 is 0.833 bits per heavy atom. The van der Waals surface area contributed by atoms with Gasteiger partial charge in [-0.25, -0.2) is 0 Å². The van der Waals surface area contributed by atoms with Crippen molar-refractivity contribution in [2.75, 3.05) is 91.9 Å². The van der Waals surface area contributed by atoms with Gasteiger partial charge in [-0.15, -0.1) is 0 Å². The number of aliphatic hydroxyl groups excluding tert-OH is 1. The number of aliphatic hydroxyl groups is 1. The summed E-state index contributed by atoms with van der Waals surface area (Å²) in [6.45, 7) is 8.27. The maximum absolute atomic E-state index is 10.7. The van der Waals surface area contributed by atoms with Crippen LogP contribution in [0.2, 0.25) is 0 Å². The molecule has 2 heterocycles. The van der Waals surface area contributed by atoms with Crippen LogP contribution in [0.4, 0.5) is 5.69 Å². The fourth-order valence-corrected chi connectivity index (χ4v) is 4.78. The molecule has 2 aromatic carbocycles. The molecule has 0 bridgehead atoms. The van der Waals surface area contributed by atoms with Crippen molar-refractivity contribution in [3.63, 3.8) is 0 Å². The number of morpholine rings is 1. The van der Waals surface area contributed by atoms with Crippen molar-refractivity contribution in [2.45, 2.75) is 12.6 Å². The first-order chi connectivity index (χ1) is 17.6. The topological polar surface area (TPSA) is 76.1 Å². The molecule has 0 aliphatic carbocycles. The maximum Gasteiger partial charge on any atom is 0.203 e. The third-order valence-corrected chi connectivity index (χ3v) is 6.72. The Morgan fingerprint density at radius 2 is 1.47 bits per heavy atom. The van der Waals surface area contributed by atoms with E-state index < -0.39 is 6.10 Å². The first-order valence-corrected chi connectivity index (χ1v) is 12.6. The van der Waals surface area contributed by atoms with Crippen LogP contribution in [0.3, 0.4) is 0 Å². The van der Waals surface area contributed by atoms with Gasteiger partial charge in [-0.1, -0.05) is 12.1 Å². The molecule has 0 spiro atoms. The average Bonchev–Trinajstić information content (AvgIpc) is 2.92. The summed E-state index contributed by atoms with van der Waals surface area (Å²) in [5.41, 5.74) is 2.20. The molecule has 1 atom stereocenters. The minimum Gasteiger partial charge on any atom is -0.495 e. The second-order valence-corrected chi connectivity index (χ2v) is 9.14. The van der Waals surface area contributed by atoms with Gasteiger partial charge in [-0.2, -0.15) is 0 Å². The molecule has 2 fully saturated rings. The van der Waals surface area contributed by atoms with Crippen LogP contribution in [-0.2, 0) is 11.3 Å². The lowest BCUT2D eigenvalue weighted by atomic mass is 10.1. The lowest BCUT2D eigenvalue weighted by molar-refractivity contribution is 0.0341. The van der Waals surface area contributed by atoms with Crippen LogP contribution in [0.15, 0.2) is 36.4 Å². The SMILES string of the molecule is COc1ccccc1N1CCN(CC(O)COc2c(OC)cc(CN3CCOCC3)cc2OC)CC1. The Kier molecular flexibility index (Phi) is 9.52. The molecule has 4 rings (SSSR count). The third-order valence-electron chi connectivity index (χ3n) is 6.72. The van der Waals surface area contributed by atoms with Gasteiger partial charge >= 0.3 is 0 Å². The van der Waals surface area contributed by atoms with Crippen molar-refractivity contribution in [3.8, 4) is 23.0 Å². The number of hydrogen-bond acceptors (Lipinski definition) is 9. The largest absolute Gasteiger partial charge is 0.495 e. The van der Waals surface area contributed by atoms with Crippen molar-refractivity contribution in [1.82, 2.24) is 9.80 Å². The van der Waals surface area contributed by atoms with Gasteiger partial charge in [0.15, 0.2) is 11.5 Å². The number of nitrogens with zero attached hydrogens (tertiary/aromatic N) is 3. The van der Waals surface area contributed by atoms with Gasteiger partial charge < -0.3 is 33.7 Å². The van der Waals surface area contributed by atoms with E-state index in [0.717, 1.165) is 76.0 Å². The fourth-order valence-electron chi connectivity index (χ4n) is 4.78. The summed E-state index contributed by atoms with van der Waals surface area (Å²) in [5.74, 6) is 2.62. The van der Waals surface area contributed by atoms with Crippen molar-refractivity contribution in [3.05, 3.63) is 42.0 Å². The van der Waals surface area contributed by atoms with Crippen LogP contribution in [-0.4, -0.2) is 108 Å². The highest BCUT2D eigenvalue weighted by molar-refractivity contribution is 5.58. The normalized spacial score (nSPS) is 18.1. The average molecular weight is 502 g/mol. The van der Waals surface area contributed by atoms with E-state index in [1.165, 1.54) is 0 Å². The van der Waals surface area contributed by atoms with Gasteiger partial charge in [0.2, 0.25) is 5.75 Å². The van der Waals surface area contributed by atoms with Crippen molar-refractivity contribution < 1.29 is 28.8 Å². The zero-order valence-electron chi connectivity index (χ0n) is 21.6. The minimum atomic E-state index is -0.634. The molecule has 2 aliphatic heterocycles. The van der Waals surface area contributed by atoms with E-state index in [9.17, 15) is 5.11 Å². The number of anilines is 1. The van der Waals surface area contributed by atoms with Crippen molar-refractivity contribution in [2.24, 2.45) is 0 Å². The number of β-amino-alcohol motifs (C(OH)–C–C–N with tert-alkyl or cyclic N) is 1. The molecule has 36 heavy (non-hydrogen) atoms. The molecule has 0 amide bonds. The number of para-hydroxylation sites is 2. The Bertz CT molecular complexity index is 935. The Morgan fingerprint density at radius 3 is 2.11 bits per heavy atom. The highest BCUT2D eigenvalue weighted by atomic mass is 16.5. The van der Waals surface area contributed by atoms with E-state index >= 15 is 0 Å². The first kappa shape index (κ1) is 26.3. The molecule has 0 radical (unpaired) electrons. The number of hydrogen-bond donors (Lipinski definition) is 1. The van der Waals surface area contributed by atoms with Gasteiger partial charge in [0.05, 0.1) is 40.2 Å². The van der Waals surface area contributed by atoms with Crippen LogP contribution >= 0.6 is 0 Å². The maximum atomic E-state index is 10.7. The molecule has 1 unspecified atom stereocenters. The monoisotopic (exact) mass is 501 g/mol. The summed E-state index contributed by atoms with van der Waals surface area (Å²) >= 11 is 0. The van der Waals surface area contributed by atoms with Gasteiger partial charge in [0.1, 0.15) is 18.5 Å².